The van der Waals surface area contributed by atoms with Gasteiger partial charge in [-0.05, 0) is 37.5 Å². The van der Waals surface area contributed by atoms with E-state index in [1.807, 2.05) is 6.07 Å². The summed E-state index contributed by atoms with van der Waals surface area (Å²) in [4.78, 5) is 35.7. The van der Waals surface area contributed by atoms with Gasteiger partial charge in [-0.15, -0.1) is 0 Å². The quantitative estimate of drug-likeness (QED) is 0.535. The minimum absolute atomic E-state index is 0.0244. The van der Waals surface area contributed by atoms with Crippen LogP contribution in [-0.2, 0) is 25.5 Å². The van der Waals surface area contributed by atoms with Crippen LogP contribution < -0.4 is 10.6 Å². The van der Waals surface area contributed by atoms with Crippen molar-refractivity contribution >= 4 is 29.4 Å². The number of carbonyl (C=O) groups is 3. The molecule has 1 saturated heterocycles. The molecule has 2 rings (SSSR count). The lowest BCUT2D eigenvalue weighted by Crippen LogP contribution is -2.37. The zero-order valence-electron chi connectivity index (χ0n) is 14.7. The molecule has 0 bridgehead atoms. The number of carbonyl (C=O) groups excluding carboxylic acids is 3. The van der Waals surface area contributed by atoms with Crippen LogP contribution in [-0.4, -0.2) is 37.0 Å². The molecule has 7 heteroatoms. The van der Waals surface area contributed by atoms with Crippen LogP contribution in [0.5, 0.6) is 0 Å². The molecule has 1 aromatic carbocycles. The number of rotatable bonds is 8. The first-order valence-corrected chi connectivity index (χ1v) is 9.02. The van der Waals surface area contributed by atoms with Crippen LogP contribution in [0.3, 0.4) is 0 Å². The molecule has 1 aliphatic heterocycles. The smallest absolute Gasteiger partial charge is 0.330 e. The molecular formula is C19H23ClN2O4. The van der Waals surface area contributed by atoms with Crippen LogP contribution in [0.25, 0.3) is 0 Å². The van der Waals surface area contributed by atoms with E-state index < -0.39 is 12.0 Å². The van der Waals surface area contributed by atoms with E-state index in [4.69, 9.17) is 16.3 Å². The maximum Gasteiger partial charge on any atom is 0.330 e. The predicted molar refractivity (Wildman–Crippen MR) is 98.6 cm³/mol. The number of ether oxygens (including phenoxy) is 1. The van der Waals surface area contributed by atoms with Crippen molar-refractivity contribution in [1.29, 1.82) is 0 Å². The van der Waals surface area contributed by atoms with E-state index in [2.05, 4.69) is 10.6 Å². The highest BCUT2D eigenvalue weighted by molar-refractivity contribution is 6.30. The second kappa shape index (κ2) is 9.97. The highest BCUT2D eigenvalue weighted by atomic mass is 35.5. The molecule has 0 aromatic heterocycles. The monoisotopic (exact) mass is 378 g/mol. The van der Waals surface area contributed by atoms with Crippen molar-refractivity contribution in [3.05, 3.63) is 47.0 Å². The molecule has 1 aromatic rings. The summed E-state index contributed by atoms with van der Waals surface area (Å²) in [7, 11) is 0. The fourth-order valence-corrected chi connectivity index (χ4v) is 3.05. The Bertz CT molecular complexity index is 690. The van der Waals surface area contributed by atoms with Crippen LogP contribution >= 0.6 is 11.6 Å². The topological polar surface area (TPSA) is 84.5 Å². The van der Waals surface area contributed by atoms with Gasteiger partial charge in [0.25, 0.3) is 0 Å². The number of esters is 1. The number of halogens is 1. The minimum Gasteiger partial charge on any atom is -0.463 e. The van der Waals surface area contributed by atoms with Gasteiger partial charge in [0.2, 0.25) is 11.8 Å². The summed E-state index contributed by atoms with van der Waals surface area (Å²) in [6.45, 7) is 2.63. The lowest BCUT2D eigenvalue weighted by molar-refractivity contribution is -0.137. The van der Waals surface area contributed by atoms with Crippen molar-refractivity contribution in [2.75, 3.05) is 13.2 Å². The van der Waals surface area contributed by atoms with Crippen molar-refractivity contribution in [3.8, 4) is 0 Å². The van der Waals surface area contributed by atoms with E-state index in [-0.39, 0.29) is 30.8 Å². The van der Waals surface area contributed by atoms with Crippen LogP contribution in [0.2, 0.25) is 5.02 Å². The third-order valence-corrected chi connectivity index (χ3v) is 4.29. The third-order valence-electron chi connectivity index (χ3n) is 4.05. The Labute approximate surface area is 157 Å². The van der Waals surface area contributed by atoms with Crippen molar-refractivity contribution in [1.82, 2.24) is 10.6 Å². The Morgan fingerprint density at radius 1 is 1.46 bits per heavy atom. The molecule has 1 heterocycles. The zero-order chi connectivity index (χ0) is 18.9. The van der Waals surface area contributed by atoms with Gasteiger partial charge in [-0.2, -0.15) is 0 Å². The van der Waals surface area contributed by atoms with E-state index in [1.165, 1.54) is 6.08 Å². The van der Waals surface area contributed by atoms with E-state index in [0.717, 1.165) is 5.56 Å². The first-order valence-electron chi connectivity index (χ1n) is 8.64. The largest absolute Gasteiger partial charge is 0.463 e. The van der Waals surface area contributed by atoms with E-state index in [1.54, 1.807) is 31.2 Å². The molecule has 0 spiro atoms. The molecule has 0 radical (unpaired) electrons. The third kappa shape index (κ3) is 6.52. The fourth-order valence-electron chi connectivity index (χ4n) is 2.84. The summed E-state index contributed by atoms with van der Waals surface area (Å²) < 4.78 is 4.86. The Morgan fingerprint density at radius 2 is 2.27 bits per heavy atom. The summed E-state index contributed by atoms with van der Waals surface area (Å²) in [5.74, 6) is -0.886. The van der Waals surface area contributed by atoms with Gasteiger partial charge in [0.1, 0.15) is 0 Å². The van der Waals surface area contributed by atoms with Crippen molar-refractivity contribution < 1.29 is 19.1 Å². The van der Waals surface area contributed by atoms with Crippen molar-refractivity contribution in [2.45, 2.75) is 32.2 Å². The average Bonchev–Trinajstić information content (AvgIpc) is 2.98. The molecule has 1 fully saturated rings. The first kappa shape index (κ1) is 20.0. The molecule has 6 nitrogen and oxygen atoms in total. The Balaban J connectivity index is 2.00. The summed E-state index contributed by atoms with van der Waals surface area (Å²) in [5.41, 5.74) is 0.793. The number of amides is 2. The number of nitrogens with one attached hydrogen (secondary N) is 2. The Morgan fingerprint density at radius 3 is 2.92 bits per heavy atom. The van der Waals surface area contributed by atoms with Gasteiger partial charge in [-0.1, -0.05) is 29.8 Å². The lowest BCUT2D eigenvalue weighted by atomic mass is 9.97. The fraction of sp³-hybridized carbons (Fsp3) is 0.421. The maximum atomic E-state index is 12.4. The van der Waals surface area contributed by atoms with Gasteiger partial charge >= 0.3 is 5.97 Å². The molecule has 1 aliphatic rings. The van der Waals surface area contributed by atoms with Crippen molar-refractivity contribution in [3.63, 3.8) is 0 Å². The number of benzene rings is 1. The molecular weight excluding hydrogens is 356 g/mol. The maximum absolute atomic E-state index is 12.4. The summed E-state index contributed by atoms with van der Waals surface area (Å²) in [6.07, 6.45) is 4.19. The Kier molecular flexibility index (Phi) is 7.66. The first-order chi connectivity index (χ1) is 12.5. The van der Waals surface area contributed by atoms with Crippen molar-refractivity contribution in [2.24, 2.45) is 5.92 Å². The lowest BCUT2D eigenvalue weighted by Gasteiger charge is -2.18. The highest BCUT2D eigenvalue weighted by Crippen LogP contribution is 2.17. The molecule has 2 atom stereocenters. The predicted octanol–water partition coefficient (Wildman–Crippen LogP) is 2.01. The van der Waals surface area contributed by atoms with E-state index in [9.17, 15) is 14.4 Å². The van der Waals surface area contributed by atoms with Crippen LogP contribution in [0, 0.1) is 5.92 Å². The second-order valence-corrected chi connectivity index (χ2v) is 6.54. The second-order valence-electron chi connectivity index (χ2n) is 6.10. The van der Waals surface area contributed by atoms with Crippen LogP contribution in [0.15, 0.2) is 36.4 Å². The molecule has 1 unspecified atom stereocenters. The summed E-state index contributed by atoms with van der Waals surface area (Å²) in [6, 6.07) is 6.65. The normalized spacial score (nSPS) is 17.8. The van der Waals surface area contributed by atoms with Gasteiger partial charge in [0.15, 0.2) is 0 Å². The molecule has 140 valence electrons. The van der Waals surface area contributed by atoms with Crippen LogP contribution in [0.1, 0.15) is 25.3 Å². The average molecular weight is 379 g/mol. The van der Waals surface area contributed by atoms with E-state index in [0.29, 0.717) is 24.4 Å². The van der Waals surface area contributed by atoms with E-state index >= 15 is 0 Å². The van der Waals surface area contributed by atoms with Crippen LogP contribution in [0.4, 0.5) is 0 Å². The standard InChI is InChI=1S/C19H23ClN2O4/c1-2-26-18(24)7-6-16(12-14-8-9-21-19(14)25)22-17(23)11-13-4-3-5-15(20)10-13/h3-7,10,14,16H,2,8-9,11-12H2,1H3,(H,21,25)(H,22,23)/b7-6+/t14?,16-/m1/s1. The highest BCUT2D eigenvalue weighted by Gasteiger charge is 2.27. The Hall–Kier alpha value is -2.34. The van der Waals surface area contributed by atoms with Gasteiger partial charge in [0.05, 0.1) is 13.0 Å². The molecule has 2 amide bonds. The minimum atomic E-state index is -0.475. The number of hydrogen-bond donors (Lipinski definition) is 2. The molecule has 26 heavy (non-hydrogen) atoms. The SMILES string of the molecule is CCOC(=O)/C=C/[C@H](CC1CCNC1=O)NC(=O)Cc1cccc(Cl)c1. The van der Waals surface area contributed by atoms with Gasteiger partial charge in [-0.25, -0.2) is 4.79 Å². The molecule has 2 N–H and O–H groups in total. The molecule has 0 saturated carbocycles. The summed E-state index contributed by atoms with van der Waals surface area (Å²) in [5, 5.41) is 6.22. The van der Waals surface area contributed by atoms with Gasteiger partial charge < -0.3 is 15.4 Å². The summed E-state index contributed by atoms with van der Waals surface area (Å²) >= 11 is 5.94. The van der Waals surface area contributed by atoms with Gasteiger partial charge in [-0.3, -0.25) is 9.59 Å². The van der Waals surface area contributed by atoms with Gasteiger partial charge in [0, 0.05) is 29.6 Å². The number of hydrogen-bond acceptors (Lipinski definition) is 4. The molecule has 0 aliphatic carbocycles. The zero-order valence-corrected chi connectivity index (χ0v) is 15.4.